The molecular weight excluding hydrogens is 278 g/mol. The zero-order chi connectivity index (χ0) is 16.8. The molecule has 0 fully saturated rings. The van der Waals surface area contributed by atoms with Crippen LogP contribution in [0.25, 0.3) is 0 Å². The number of benzene rings is 1. The molecule has 0 aliphatic heterocycles. The van der Waals surface area contributed by atoms with Crippen LogP contribution in [0.4, 0.5) is 0 Å². The molecule has 22 heavy (non-hydrogen) atoms. The molecule has 0 saturated carbocycles. The normalized spacial score (nSPS) is 12.8. The fraction of sp³-hybridized carbons (Fsp3) is 0.529. The average Bonchev–Trinajstić information content (AvgIpc) is 2.42. The Hall–Kier alpha value is -1.88. The topological polar surface area (TPSA) is 61.4 Å². The number of carbonyl (C=O) groups excluding carboxylic acids is 2. The molecule has 0 bridgehead atoms. The number of carbonyl (C=O) groups is 2. The van der Waals surface area contributed by atoms with Crippen LogP contribution in [0.1, 0.15) is 33.3 Å². The highest BCUT2D eigenvalue weighted by atomic mass is 16.2. The highest BCUT2D eigenvalue weighted by Crippen LogP contribution is 2.02. The second-order valence-electron chi connectivity index (χ2n) is 6.59. The summed E-state index contributed by atoms with van der Waals surface area (Å²) in [7, 11) is 1.77. The average molecular weight is 305 g/mol. The third kappa shape index (κ3) is 6.72. The number of rotatable bonds is 6. The van der Waals surface area contributed by atoms with Gasteiger partial charge in [0.05, 0.1) is 12.6 Å². The Morgan fingerprint density at radius 1 is 1.18 bits per heavy atom. The standard InChI is InChI=1S/C17H27N3O2/c1-13(20(5)12-15(21)19-17(2,3)4)16(22)18-11-14-9-7-6-8-10-14/h6-10,13H,11-12H2,1-5H3,(H,18,22)(H,19,21)/t13-/m0/s1. The molecule has 122 valence electrons. The summed E-state index contributed by atoms with van der Waals surface area (Å²) in [4.78, 5) is 25.8. The monoisotopic (exact) mass is 305 g/mol. The Morgan fingerprint density at radius 3 is 2.32 bits per heavy atom. The van der Waals surface area contributed by atoms with Gasteiger partial charge in [-0.1, -0.05) is 30.3 Å². The molecule has 5 nitrogen and oxygen atoms in total. The van der Waals surface area contributed by atoms with E-state index in [0.717, 1.165) is 5.56 Å². The molecule has 0 aliphatic carbocycles. The molecule has 1 atom stereocenters. The van der Waals surface area contributed by atoms with Gasteiger partial charge in [0.1, 0.15) is 0 Å². The fourth-order valence-electron chi connectivity index (χ4n) is 1.95. The quantitative estimate of drug-likeness (QED) is 0.838. The zero-order valence-electron chi connectivity index (χ0n) is 14.1. The van der Waals surface area contributed by atoms with E-state index in [0.29, 0.717) is 6.54 Å². The van der Waals surface area contributed by atoms with Crippen LogP contribution in [-0.4, -0.2) is 41.9 Å². The second-order valence-corrected chi connectivity index (χ2v) is 6.59. The van der Waals surface area contributed by atoms with Crippen molar-refractivity contribution in [3.8, 4) is 0 Å². The van der Waals surface area contributed by atoms with E-state index in [9.17, 15) is 9.59 Å². The summed E-state index contributed by atoms with van der Waals surface area (Å²) in [5, 5.41) is 5.78. The minimum absolute atomic E-state index is 0.0855. The fourth-order valence-corrected chi connectivity index (χ4v) is 1.95. The molecule has 2 N–H and O–H groups in total. The van der Waals surface area contributed by atoms with Crippen molar-refractivity contribution in [3.05, 3.63) is 35.9 Å². The van der Waals surface area contributed by atoms with E-state index in [4.69, 9.17) is 0 Å². The molecule has 0 heterocycles. The van der Waals surface area contributed by atoms with Gasteiger partial charge in [0.25, 0.3) is 0 Å². The first-order valence-corrected chi connectivity index (χ1v) is 7.52. The van der Waals surface area contributed by atoms with Gasteiger partial charge in [-0.25, -0.2) is 0 Å². The van der Waals surface area contributed by atoms with E-state index < -0.39 is 0 Å². The van der Waals surface area contributed by atoms with E-state index in [-0.39, 0.29) is 29.9 Å². The maximum atomic E-state index is 12.1. The summed E-state index contributed by atoms with van der Waals surface area (Å²) in [5.74, 6) is -0.173. The smallest absolute Gasteiger partial charge is 0.237 e. The van der Waals surface area contributed by atoms with Gasteiger partial charge in [-0.15, -0.1) is 0 Å². The van der Waals surface area contributed by atoms with Crippen LogP contribution in [0, 0.1) is 0 Å². The lowest BCUT2D eigenvalue weighted by Gasteiger charge is -2.26. The van der Waals surface area contributed by atoms with E-state index in [1.54, 1.807) is 18.9 Å². The summed E-state index contributed by atoms with van der Waals surface area (Å²) in [6.07, 6.45) is 0. The van der Waals surface area contributed by atoms with Crippen molar-refractivity contribution < 1.29 is 9.59 Å². The first-order valence-electron chi connectivity index (χ1n) is 7.52. The predicted molar refractivity (Wildman–Crippen MR) is 88.3 cm³/mol. The van der Waals surface area contributed by atoms with Crippen LogP contribution in [0.2, 0.25) is 0 Å². The van der Waals surface area contributed by atoms with Gasteiger partial charge in [0.15, 0.2) is 0 Å². The van der Waals surface area contributed by atoms with Crippen molar-refractivity contribution in [2.75, 3.05) is 13.6 Å². The number of nitrogens with zero attached hydrogens (tertiary/aromatic N) is 1. The van der Waals surface area contributed by atoms with Crippen molar-refractivity contribution >= 4 is 11.8 Å². The molecule has 0 aromatic heterocycles. The van der Waals surface area contributed by atoms with Crippen LogP contribution < -0.4 is 10.6 Å². The summed E-state index contributed by atoms with van der Waals surface area (Å²) < 4.78 is 0. The van der Waals surface area contributed by atoms with E-state index in [1.165, 1.54) is 0 Å². The summed E-state index contributed by atoms with van der Waals surface area (Å²) in [6, 6.07) is 9.38. The van der Waals surface area contributed by atoms with Crippen LogP contribution >= 0.6 is 0 Å². The van der Waals surface area contributed by atoms with Gasteiger partial charge < -0.3 is 10.6 Å². The van der Waals surface area contributed by atoms with Gasteiger partial charge >= 0.3 is 0 Å². The first-order chi connectivity index (χ1) is 10.2. The summed E-state index contributed by atoms with van der Waals surface area (Å²) in [6.45, 7) is 8.27. The van der Waals surface area contributed by atoms with Gasteiger partial charge in [-0.3, -0.25) is 14.5 Å². The van der Waals surface area contributed by atoms with Gasteiger partial charge in [-0.05, 0) is 40.3 Å². The predicted octanol–water partition coefficient (Wildman–Crippen LogP) is 1.54. The maximum absolute atomic E-state index is 12.1. The molecule has 1 aromatic rings. The number of likely N-dealkylation sites (N-methyl/N-ethyl adjacent to an activating group) is 1. The van der Waals surface area contributed by atoms with Gasteiger partial charge in [0.2, 0.25) is 11.8 Å². The van der Waals surface area contributed by atoms with Crippen molar-refractivity contribution in [2.45, 2.75) is 45.8 Å². The number of amides is 2. The van der Waals surface area contributed by atoms with E-state index in [2.05, 4.69) is 10.6 Å². The molecule has 0 aliphatic rings. The van der Waals surface area contributed by atoms with Crippen molar-refractivity contribution in [2.24, 2.45) is 0 Å². The Morgan fingerprint density at radius 2 is 1.77 bits per heavy atom. The Balaban J connectivity index is 2.43. The lowest BCUT2D eigenvalue weighted by atomic mass is 10.1. The second kappa shape index (κ2) is 7.94. The van der Waals surface area contributed by atoms with Gasteiger partial charge in [0, 0.05) is 12.1 Å². The largest absolute Gasteiger partial charge is 0.351 e. The minimum atomic E-state index is -0.366. The van der Waals surface area contributed by atoms with Crippen molar-refractivity contribution in [1.82, 2.24) is 15.5 Å². The highest BCUT2D eigenvalue weighted by Gasteiger charge is 2.21. The molecule has 1 rings (SSSR count). The summed E-state index contributed by atoms with van der Waals surface area (Å²) >= 11 is 0. The van der Waals surface area contributed by atoms with Crippen LogP contribution in [-0.2, 0) is 16.1 Å². The van der Waals surface area contributed by atoms with Crippen LogP contribution in [0.15, 0.2) is 30.3 Å². The lowest BCUT2D eigenvalue weighted by molar-refractivity contribution is -0.128. The number of hydrogen-bond acceptors (Lipinski definition) is 3. The SMILES string of the molecule is C[C@@H](C(=O)NCc1ccccc1)N(C)CC(=O)NC(C)(C)C. The molecular formula is C17H27N3O2. The highest BCUT2D eigenvalue weighted by molar-refractivity contribution is 5.83. The van der Waals surface area contributed by atoms with Gasteiger partial charge in [-0.2, -0.15) is 0 Å². The molecule has 0 spiro atoms. The molecule has 0 unspecified atom stereocenters. The molecule has 0 radical (unpaired) electrons. The number of hydrogen-bond donors (Lipinski definition) is 2. The molecule has 2 amide bonds. The maximum Gasteiger partial charge on any atom is 0.237 e. The first kappa shape index (κ1) is 18.2. The number of nitrogens with one attached hydrogen (secondary N) is 2. The van der Waals surface area contributed by atoms with Crippen molar-refractivity contribution in [3.63, 3.8) is 0 Å². The van der Waals surface area contributed by atoms with E-state index >= 15 is 0 Å². The minimum Gasteiger partial charge on any atom is -0.351 e. The third-order valence-electron chi connectivity index (χ3n) is 3.26. The Bertz CT molecular complexity index is 494. The zero-order valence-corrected chi connectivity index (χ0v) is 14.1. The van der Waals surface area contributed by atoms with Crippen LogP contribution in [0.5, 0.6) is 0 Å². The summed E-state index contributed by atoms with van der Waals surface area (Å²) in [5.41, 5.74) is 0.785. The molecule has 5 heteroatoms. The third-order valence-corrected chi connectivity index (χ3v) is 3.26. The molecule has 0 saturated heterocycles. The van der Waals surface area contributed by atoms with E-state index in [1.807, 2.05) is 51.1 Å². The van der Waals surface area contributed by atoms with Crippen LogP contribution in [0.3, 0.4) is 0 Å². The lowest BCUT2D eigenvalue weighted by Crippen LogP contribution is -2.50. The van der Waals surface area contributed by atoms with Crippen molar-refractivity contribution in [1.29, 1.82) is 0 Å². The Kier molecular flexibility index (Phi) is 6.56. The Labute approximate surface area is 133 Å². The molecule has 1 aromatic carbocycles.